The van der Waals surface area contributed by atoms with E-state index in [0.29, 0.717) is 18.0 Å². The molecule has 0 radical (unpaired) electrons. The lowest BCUT2D eigenvalue weighted by Gasteiger charge is -2.30. The highest BCUT2D eigenvalue weighted by atomic mass is 16.5. The average Bonchev–Trinajstić information content (AvgIpc) is 3.12. The van der Waals surface area contributed by atoms with Gasteiger partial charge >= 0.3 is 0 Å². The number of aryl methyl sites for hydroxylation is 1. The summed E-state index contributed by atoms with van der Waals surface area (Å²) < 4.78 is 12.8. The molecule has 0 fully saturated rings. The lowest BCUT2D eigenvalue weighted by Crippen LogP contribution is -2.39. The van der Waals surface area contributed by atoms with Gasteiger partial charge in [0, 0.05) is 50.4 Å². The first-order valence-electron chi connectivity index (χ1n) is 9.72. The van der Waals surface area contributed by atoms with Gasteiger partial charge in [-0.1, -0.05) is 0 Å². The van der Waals surface area contributed by atoms with E-state index in [1.165, 1.54) is 0 Å². The maximum atomic E-state index is 12.9. The summed E-state index contributed by atoms with van der Waals surface area (Å²) in [6.07, 6.45) is 6.57. The number of carbonyl (C=O) groups is 1. The van der Waals surface area contributed by atoms with E-state index in [1.54, 1.807) is 14.2 Å². The third-order valence-electron chi connectivity index (χ3n) is 5.27. The number of ether oxygens (including phenoxy) is 2. The molecule has 0 spiro atoms. The maximum Gasteiger partial charge on any atom is 0.254 e. The van der Waals surface area contributed by atoms with Gasteiger partial charge in [-0.2, -0.15) is 0 Å². The number of aromatic nitrogens is 2. The maximum absolute atomic E-state index is 12.9. The van der Waals surface area contributed by atoms with E-state index in [4.69, 9.17) is 9.47 Å². The minimum atomic E-state index is 0.0818. The van der Waals surface area contributed by atoms with Crippen LogP contribution in [0.2, 0.25) is 0 Å². The second kappa shape index (κ2) is 9.10. The number of fused-ring (bicyclic) bond motifs is 1. The molecule has 7 nitrogen and oxygen atoms in total. The molecule has 0 unspecified atom stereocenters. The minimum absolute atomic E-state index is 0.0818. The fraction of sp³-hybridized carbons (Fsp3) is 0.524. The van der Waals surface area contributed by atoms with Gasteiger partial charge in [-0.05, 0) is 38.6 Å². The number of hydrogen-bond acceptors (Lipinski definition) is 5. The van der Waals surface area contributed by atoms with Gasteiger partial charge in [-0.3, -0.25) is 4.79 Å². The van der Waals surface area contributed by atoms with Crippen molar-refractivity contribution >= 4 is 5.91 Å². The summed E-state index contributed by atoms with van der Waals surface area (Å²) in [6.45, 7) is 3.40. The highest BCUT2D eigenvalue weighted by Gasteiger charge is 2.28. The number of benzene rings is 1. The Morgan fingerprint density at radius 2 is 2.04 bits per heavy atom. The molecule has 7 heteroatoms. The average molecular weight is 386 g/mol. The zero-order valence-corrected chi connectivity index (χ0v) is 17.3. The predicted molar refractivity (Wildman–Crippen MR) is 108 cm³/mol. The van der Waals surface area contributed by atoms with Crippen LogP contribution in [0.4, 0.5) is 0 Å². The summed E-state index contributed by atoms with van der Waals surface area (Å²) in [5, 5.41) is 0. The highest BCUT2D eigenvalue weighted by molar-refractivity contribution is 5.97. The van der Waals surface area contributed by atoms with Crippen molar-refractivity contribution in [3.63, 3.8) is 0 Å². The van der Waals surface area contributed by atoms with Gasteiger partial charge in [0.2, 0.25) is 0 Å². The molecule has 1 aromatic heterocycles. The lowest BCUT2D eigenvalue weighted by atomic mass is 9.97. The van der Waals surface area contributed by atoms with Crippen LogP contribution in [0.1, 0.15) is 28.0 Å². The Hall–Kier alpha value is -2.54. The summed E-state index contributed by atoms with van der Waals surface area (Å²) in [6, 6.07) is 3.66. The van der Waals surface area contributed by atoms with E-state index in [2.05, 4.69) is 23.1 Å². The number of rotatable bonds is 9. The van der Waals surface area contributed by atoms with Crippen molar-refractivity contribution in [1.82, 2.24) is 19.4 Å². The summed E-state index contributed by atoms with van der Waals surface area (Å²) in [7, 11) is 7.34. The molecular weight excluding hydrogens is 356 g/mol. The Kier molecular flexibility index (Phi) is 6.57. The van der Waals surface area contributed by atoms with E-state index in [0.717, 1.165) is 55.7 Å². The van der Waals surface area contributed by atoms with Gasteiger partial charge in [-0.25, -0.2) is 4.98 Å². The van der Waals surface area contributed by atoms with Crippen LogP contribution in [0, 0.1) is 0 Å². The lowest BCUT2D eigenvalue weighted by molar-refractivity contribution is 0.0731. The summed E-state index contributed by atoms with van der Waals surface area (Å²) in [5.41, 5.74) is 2.80. The molecular formula is C21H30N4O3. The van der Waals surface area contributed by atoms with Gasteiger partial charge in [0.25, 0.3) is 5.91 Å². The topological polar surface area (TPSA) is 59.8 Å². The largest absolute Gasteiger partial charge is 0.493 e. The molecule has 0 bridgehead atoms. The molecule has 3 rings (SSSR count). The number of hydrogen-bond donors (Lipinski definition) is 0. The second-order valence-electron chi connectivity index (χ2n) is 7.31. The minimum Gasteiger partial charge on any atom is -0.493 e. The van der Waals surface area contributed by atoms with E-state index in [9.17, 15) is 4.79 Å². The van der Waals surface area contributed by atoms with Crippen LogP contribution in [-0.2, 0) is 19.9 Å². The van der Waals surface area contributed by atoms with E-state index < -0.39 is 0 Å². The summed E-state index contributed by atoms with van der Waals surface area (Å²) in [5.74, 6) is 1.44. The van der Waals surface area contributed by atoms with Crippen LogP contribution in [0.15, 0.2) is 24.7 Å². The van der Waals surface area contributed by atoms with Crippen molar-refractivity contribution in [3.05, 3.63) is 41.5 Å². The van der Waals surface area contributed by atoms with Crippen molar-refractivity contribution in [2.75, 3.05) is 47.4 Å². The molecule has 152 valence electrons. The zero-order chi connectivity index (χ0) is 20.1. The van der Waals surface area contributed by atoms with Gasteiger partial charge in [-0.15, -0.1) is 0 Å². The van der Waals surface area contributed by atoms with Crippen molar-refractivity contribution in [2.24, 2.45) is 7.05 Å². The molecule has 0 saturated carbocycles. The first-order valence-corrected chi connectivity index (χ1v) is 9.72. The number of nitrogens with zero attached hydrogens (tertiary/aromatic N) is 4. The van der Waals surface area contributed by atoms with Gasteiger partial charge in [0.05, 0.1) is 26.2 Å². The molecule has 0 N–H and O–H groups in total. The van der Waals surface area contributed by atoms with Crippen molar-refractivity contribution < 1.29 is 14.3 Å². The zero-order valence-electron chi connectivity index (χ0n) is 17.3. The van der Waals surface area contributed by atoms with Gasteiger partial charge < -0.3 is 23.8 Å². The number of methoxy groups -OCH3 is 2. The Morgan fingerprint density at radius 3 is 2.71 bits per heavy atom. The third-order valence-corrected chi connectivity index (χ3v) is 5.27. The molecule has 2 heterocycles. The van der Waals surface area contributed by atoms with Gasteiger partial charge in [0.1, 0.15) is 0 Å². The second-order valence-corrected chi connectivity index (χ2v) is 7.31. The Bertz CT molecular complexity index is 818. The van der Waals surface area contributed by atoms with Gasteiger partial charge in [0.15, 0.2) is 11.5 Å². The van der Waals surface area contributed by atoms with Crippen molar-refractivity contribution in [3.8, 4) is 11.5 Å². The van der Waals surface area contributed by atoms with Crippen LogP contribution < -0.4 is 9.47 Å². The smallest absolute Gasteiger partial charge is 0.254 e. The third kappa shape index (κ3) is 4.47. The first-order chi connectivity index (χ1) is 13.5. The van der Waals surface area contributed by atoms with Crippen LogP contribution >= 0.6 is 0 Å². The Balaban J connectivity index is 1.50. The van der Waals surface area contributed by atoms with Crippen LogP contribution in [0.25, 0.3) is 0 Å². The molecule has 1 amide bonds. The quantitative estimate of drug-likeness (QED) is 0.660. The number of likely N-dealkylation sites (N-methyl/N-ethyl adjacent to an activating group) is 1. The fourth-order valence-electron chi connectivity index (χ4n) is 3.72. The number of amides is 1. The number of imidazole rings is 1. The Labute approximate surface area is 166 Å². The summed E-state index contributed by atoms with van der Waals surface area (Å²) >= 11 is 0. The summed E-state index contributed by atoms with van der Waals surface area (Å²) in [4.78, 5) is 21.5. The highest BCUT2D eigenvalue weighted by Crippen LogP contribution is 2.36. The molecule has 1 aromatic carbocycles. The van der Waals surface area contributed by atoms with E-state index in [-0.39, 0.29) is 5.91 Å². The van der Waals surface area contributed by atoms with E-state index in [1.807, 2.05) is 35.0 Å². The first kappa shape index (κ1) is 20.2. The fourth-order valence-corrected chi connectivity index (χ4v) is 3.72. The Morgan fingerprint density at radius 1 is 1.21 bits per heavy atom. The van der Waals surface area contributed by atoms with E-state index >= 15 is 0 Å². The van der Waals surface area contributed by atoms with Crippen LogP contribution in [0.3, 0.4) is 0 Å². The molecule has 1 aliphatic rings. The normalized spacial score (nSPS) is 13.8. The van der Waals surface area contributed by atoms with Crippen LogP contribution in [-0.4, -0.2) is 72.7 Å². The molecule has 0 aliphatic carbocycles. The van der Waals surface area contributed by atoms with Crippen LogP contribution in [0.5, 0.6) is 11.5 Å². The van der Waals surface area contributed by atoms with Crippen molar-refractivity contribution in [2.45, 2.75) is 19.3 Å². The molecule has 0 atom stereocenters. The monoisotopic (exact) mass is 386 g/mol. The molecule has 1 aliphatic heterocycles. The standard InChI is InChI=1S/C21H30N4O3/c1-23(12-8-16-14-24(2)15-22-16)10-5-11-25-13-9-17-18(21(25)26)6-7-19(27-3)20(17)28-4/h6-7,14-15H,5,8-13H2,1-4H3. The predicted octanol–water partition coefficient (Wildman–Crippen LogP) is 2.00. The number of carbonyl (C=O) groups excluding carboxylic acids is 1. The molecule has 2 aromatic rings. The molecule has 28 heavy (non-hydrogen) atoms. The van der Waals surface area contributed by atoms with Crippen molar-refractivity contribution in [1.29, 1.82) is 0 Å². The SMILES string of the molecule is COc1ccc2c(c1OC)CCN(CCCN(C)CCc1cn(C)cn1)C2=O. The molecule has 0 saturated heterocycles.